The van der Waals surface area contributed by atoms with E-state index in [4.69, 9.17) is 0 Å². The third-order valence-corrected chi connectivity index (χ3v) is 2.46. The van der Waals surface area contributed by atoms with Crippen molar-refractivity contribution < 1.29 is 4.79 Å². The first-order chi connectivity index (χ1) is 9.27. The molecule has 100 valence electrons. The Bertz CT molecular complexity index is 427. The molecule has 0 aliphatic heterocycles. The van der Waals surface area contributed by atoms with Crippen molar-refractivity contribution in [1.29, 1.82) is 0 Å². The number of amides is 1. The van der Waals surface area contributed by atoms with Gasteiger partial charge in [0.2, 0.25) is 0 Å². The summed E-state index contributed by atoms with van der Waals surface area (Å²) in [6.45, 7) is 9.42. The standard InChI is InChI=1S/C16H20N2O/c1-3-12-18(13-4-2)14-8-11-17-16(19)15-9-6-5-7-10-15/h3-10,14H,1-2,11-13H2,(H,17,19). The normalized spacial score (nSPS) is 10.1. The Labute approximate surface area is 114 Å². The first kappa shape index (κ1) is 14.8. The van der Waals surface area contributed by atoms with Crippen LogP contribution in [0.2, 0.25) is 0 Å². The van der Waals surface area contributed by atoms with Gasteiger partial charge in [-0.2, -0.15) is 0 Å². The van der Waals surface area contributed by atoms with E-state index in [1.165, 1.54) is 0 Å². The highest BCUT2D eigenvalue weighted by Crippen LogP contribution is 1.97. The fourth-order valence-corrected chi connectivity index (χ4v) is 1.57. The fourth-order valence-electron chi connectivity index (χ4n) is 1.57. The van der Waals surface area contributed by atoms with Crippen LogP contribution < -0.4 is 5.32 Å². The zero-order chi connectivity index (χ0) is 13.9. The van der Waals surface area contributed by atoms with Gasteiger partial charge in [-0.25, -0.2) is 0 Å². The molecule has 1 N–H and O–H groups in total. The molecule has 0 radical (unpaired) electrons. The van der Waals surface area contributed by atoms with Gasteiger partial charge in [-0.05, 0) is 24.4 Å². The molecule has 0 atom stereocenters. The molecule has 1 aromatic rings. The third kappa shape index (κ3) is 5.73. The number of nitrogens with one attached hydrogen (secondary N) is 1. The van der Waals surface area contributed by atoms with Crippen LogP contribution in [0.5, 0.6) is 0 Å². The van der Waals surface area contributed by atoms with Gasteiger partial charge in [0.05, 0.1) is 0 Å². The largest absolute Gasteiger partial charge is 0.370 e. The molecule has 0 saturated heterocycles. The Morgan fingerprint density at radius 3 is 2.37 bits per heavy atom. The molecule has 0 aliphatic rings. The van der Waals surface area contributed by atoms with Crippen LogP contribution >= 0.6 is 0 Å². The lowest BCUT2D eigenvalue weighted by molar-refractivity contribution is 0.0958. The number of rotatable bonds is 8. The maximum absolute atomic E-state index is 11.7. The van der Waals surface area contributed by atoms with Crippen molar-refractivity contribution >= 4 is 5.91 Å². The van der Waals surface area contributed by atoms with Crippen LogP contribution in [0.3, 0.4) is 0 Å². The van der Waals surface area contributed by atoms with Crippen LogP contribution in [-0.2, 0) is 0 Å². The monoisotopic (exact) mass is 256 g/mol. The highest BCUT2D eigenvalue weighted by Gasteiger charge is 2.01. The number of carbonyl (C=O) groups is 1. The smallest absolute Gasteiger partial charge is 0.251 e. The van der Waals surface area contributed by atoms with Gasteiger partial charge in [-0.15, -0.1) is 13.2 Å². The van der Waals surface area contributed by atoms with Crippen molar-refractivity contribution in [3.63, 3.8) is 0 Å². The zero-order valence-electron chi connectivity index (χ0n) is 11.1. The second-order valence-corrected chi connectivity index (χ2v) is 3.99. The lowest BCUT2D eigenvalue weighted by atomic mass is 10.2. The van der Waals surface area contributed by atoms with E-state index in [9.17, 15) is 4.79 Å². The summed E-state index contributed by atoms with van der Waals surface area (Å²) >= 11 is 0. The van der Waals surface area contributed by atoms with E-state index in [-0.39, 0.29) is 5.91 Å². The second-order valence-electron chi connectivity index (χ2n) is 3.99. The number of nitrogens with zero attached hydrogens (tertiary/aromatic N) is 1. The van der Waals surface area contributed by atoms with E-state index in [0.717, 1.165) is 13.1 Å². The first-order valence-corrected chi connectivity index (χ1v) is 6.23. The summed E-state index contributed by atoms with van der Waals surface area (Å²) in [6, 6.07) is 9.17. The molecule has 0 unspecified atom stereocenters. The Morgan fingerprint density at radius 1 is 1.16 bits per heavy atom. The van der Waals surface area contributed by atoms with Crippen LogP contribution in [0.1, 0.15) is 10.4 Å². The summed E-state index contributed by atoms with van der Waals surface area (Å²) in [5.41, 5.74) is 0.671. The number of hydrogen-bond acceptors (Lipinski definition) is 2. The average molecular weight is 256 g/mol. The topological polar surface area (TPSA) is 32.3 Å². The minimum Gasteiger partial charge on any atom is -0.370 e. The quantitative estimate of drug-likeness (QED) is 0.725. The van der Waals surface area contributed by atoms with Gasteiger partial charge >= 0.3 is 0 Å². The molecular formula is C16H20N2O. The molecule has 0 heterocycles. The predicted octanol–water partition coefficient (Wildman–Crippen LogP) is 2.60. The summed E-state index contributed by atoms with van der Waals surface area (Å²) in [7, 11) is 0. The molecule has 0 aromatic heterocycles. The molecule has 0 bridgehead atoms. The van der Waals surface area contributed by atoms with Gasteiger partial charge in [0.25, 0.3) is 5.91 Å². The minimum atomic E-state index is -0.0655. The first-order valence-electron chi connectivity index (χ1n) is 6.23. The van der Waals surface area contributed by atoms with Crippen LogP contribution in [0, 0.1) is 0 Å². The molecule has 1 amide bonds. The van der Waals surface area contributed by atoms with E-state index in [2.05, 4.69) is 23.4 Å². The Kier molecular flexibility index (Phi) is 6.80. The van der Waals surface area contributed by atoms with Gasteiger partial charge in [-0.1, -0.05) is 30.4 Å². The van der Waals surface area contributed by atoms with Gasteiger partial charge < -0.3 is 10.2 Å². The molecular weight excluding hydrogens is 236 g/mol. The predicted molar refractivity (Wildman–Crippen MR) is 79.9 cm³/mol. The molecule has 0 spiro atoms. The second kappa shape index (κ2) is 8.75. The summed E-state index contributed by atoms with van der Waals surface area (Å²) < 4.78 is 0. The molecule has 0 saturated carbocycles. The highest BCUT2D eigenvalue weighted by atomic mass is 16.1. The number of carbonyl (C=O) groups excluding carboxylic acids is 1. The van der Waals surface area contributed by atoms with E-state index in [0.29, 0.717) is 12.1 Å². The van der Waals surface area contributed by atoms with Gasteiger partial charge in [0.15, 0.2) is 0 Å². The lowest BCUT2D eigenvalue weighted by Crippen LogP contribution is -2.24. The van der Waals surface area contributed by atoms with E-state index < -0.39 is 0 Å². The van der Waals surface area contributed by atoms with Crippen LogP contribution in [-0.4, -0.2) is 30.4 Å². The SMILES string of the molecule is C=CCN(C=CCNC(=O)c1ccccc1)CC=C. The van der Waals surface area contributed by atoms with Crippen LogP contribution in [0.15, 0.2) is 67.9 Å². The fraction of sp³-hybridized carbons (Fsp3) is 0.188. The number of benzene rings is 1. The highest BCUT2D eigenvalue weighted by molar-refractivity contribution is 5.94. The molecule has 3 heteroatoms. The maximum Gasteiger partial charge on any atom is 0.251 e. The van der Waals surface area contributed by atoms with Crippen molar-refractivity contribution in [2.24, 2.45) is 0 Å². The Hall–Kier alpha value is -2.29. The molecule has 1 aromatic carbocycles. The van der Waals surface area contributed by atoms with E-state index in [1.807, 2.05) is 42.6 Å². The van der Waals surface area contributed by atoms with Crippen molar-refractivity contribution in [1.82, 2.24) is 10.2 Å². The van der Waals surface area contributed by atoms with E-state index >= 15 is 0 Å². The average Bonchev–Trinajstić information content (AvgIpc) is 2.44. The molecule has 0 aliphatic carbocycles. The molecule has 19 heavy (non-hydrogen) atoms. The molecule has 3 nitrogen and oxygen atoms in total. The van der Waals surface area contributed by atoms with Crippen molar-refractivity contribution in [2.45, 2.75) is 0 Å². The van der Waals surface area contributed by atoms with Gasteiger partial charge in [-0.3, -0.25) is 4.79 Å². The number of hydrogen-bond donors (Lipinski definition) is 1. The van der Waals surface area contributed by atoms with Crippen molar-refractivity contribution in [2.75, 3.05) is 19.6 Å². The van der Waals surface area contributed by atoms with Crippen LogP contribution in [0.25, 0.3) is 0 Å². The third-order valence-electron chi connectivity index (χ3n) is 2.46. The van der Waals surface area contributed by atoms with Crippen LogP contribution in [0.4, 0.5) is 0 Å². The molecule has 1 rings (SSSR count). The van der Waals surface area contributed by atoms with Crippen molar-refractivity contribution in [3.8, 4) is 0 Å². The summed E-state index contributed by atoms with van der Waals surface area (Å²) in [6.07, 6.45) is 7.51. The van der Waals surface area contributed by atoms with Gasteiger partial charge in [0.1, 0.15) is 0 Å². The summed E-state index contributed by atoms with van der Waals surface area (Å²) in [5, 5.41) is 2.83. The van der Waals surface area contributed by atoms with Gasteiger partial charge in [0, 0.05) is 25.2 Å². The van der Waals surface area contributed by atoms with E-state index in [1.54, 1.807) is 12.1 Å². The summed E-state index contributed by atoms with van der Waals surface area (Å²) in [5.74, 6) is -0.0655. The molecule has 0 fully saturated rings. The Morgan fingerprint density at radius 2 is 1.79 bits per heavy atom. The maximum atomic E-state index is 11.7. The van der Waals surface area contributed by atoms with Crippen molar-refractivity contribution in [3.05, 3.63) is 73.5 Å². The summed E-state index contributed by atoms with van der Waals surface area (Å²) in [4.78, 5) is 13.8. The minimum absolute atomic E-state index is 0.0655. The Balaban J connectivity index is 2.38. The zero-order valence-corrected chi connectivity index (χ0v) is 11.1. The lowest BCUT2D eigenvalue weighted by Gasteiger charge is -2.15.